The lowest BCUT2D eigenvalue weighted by molar-refractivity contribution is -0.132. The van der Waals surface area contributed by atoms with Gasteiger partial charge in [-0.05, 0) is 46.1 Å². The third kappa shape index (κ3) is 2.32. The Balaban J connectivity index is 1.98. The minimum Gasteiger partial charge on any atom is -0.358 e. The molecule has 2 aromatic rings. The van der Waals surface area contributed by atoms with Crippen molar-refractivity contribution in [3.8, 4) is 0 Å². The number of aryl methyl sites for hydroxylation is 1. The summed E-state index contributed by atoms with van der Waals surface area (Å²) in [7, 11) is 0. The summed E-state index contributed by atoms with van der Waals surface area (Å²) in [5, 5.41) is 0.829. The van der Waals surface area contributed by atoms with Gasteiger partial charge in [0.1, 0.15) is 0 Å². The first-order chi connectivity index (χ1) is 10.5. The maximum absolute atomic E-state index is 12.8. The number of hydrogen-bond donors (Lipinski definition) is 1. The van der Waals surface area contributed by atoms with Crippen LogP contribution in [0.15, 0.2) is 24.3 Å². The number of carbonyl (C=O) groups is 2. The molecule has 0 spiro atoms. The van der Waals surface area contributed by atoms with Crippen LogP contribution in [0.3, 0.4) is 0 Å². The Bertz CT molecular complexity index is 722. The number of benzene rings is 1. The average Bonchev–Trinajstić information content (AvgIpc) is 2.82. The molecule has 0 aliphatic carbocycles. The van der Waals surface area contributed by atoms with Gasteiger partial charge in [0, 0.05) is 28.7 Å². The largest absolute Gasteiger partial charge is 0.358 e. The molecule has 1 aromatic heterocycles. The van der Waals surface area contributed by atoms with Crippen LogP contribution in [0.1, 0.15) is 49.2 Å². The van der Waals surface area contributed by atoms with Gasteiger partial charge < -0.3 is 9.88 Å². The predicted octanol–water partition coefficient (Wildman–Crippen LogP) is 3.45. The molecule has 1 N–H and O–H groups in total. The topological polar surface area (TPSA) is 53.2 Å². The fraction of sp³-hybridized carbons (Fsp3) is 0.444. The molecule has 0 radical (unpaired) electrons. The van der Waals surface area contributed by atoms with Gasteiger partial charge in [0.05, 0.1) is 5.56 Å². The molecule has 1 aliphatic rings. The Morgan fingerprint density at radius 2 is 1.77 bits per heavy atom. The molecule has 1 saturated heterocycles. The normalized spacial score (nSPS) is 22.0. The van der Waals surface area contributed by atoms with Crippen LogP contribution in [0.2, 0.25) is 0 Å². The maximum atomic E-state index is 12.8. The van der Waals surface area contributed by atoms with E-state index in [1.165, 1.54) is 0 Å². The number of nitrogens with zero attached hydrogens (tertiary/aromatic N) is 1. The average molecular weight is 298 g/mol. The molecule has 4 nitrogen and oxygen atoms in total. The van der Waals surface area contributed by atoms with Gasteiger partial charge >= 0.3 is 0 Å². The Morgan fingerprint density at radius 1 is 1.14 bits per heavy atom. The second kappa shape index (κ2) is 5.59. The highest BCUT2D eigenvalue weighted by atomic mass is 16.2. The lowest BCUT2D eigenvalue weighted by atomic mass is 9.95. The Morgan fingerprint density at radius 3 is 2.45 bits per heavy atom. The molecular formula is C18H22N2O2. The fourth-order valence-electron chi connectivity index (χ4n) is 3.62. The number of rotatable bonds is 2. The quantitative estimate of drug-likeness (QED) is 0.682. The number of hydrogen-bond acceptors (Lipinski definition) is 2. The zero-order chi connectivity index (χ0) is 15.9. The number of amides is 1. The van der Waals surface area contributed by atoms with Crippen molar-refractivity contribution in [2.45, 2.75) is 52.1 Å². The number of likely N-dealkylation sites (tertiary alicyclic amines) is 1. The van der Waals surface area contributed by atoms with Gasteiger partial charge in [0.2, 0.25) is 0 Å². The van der Waals surface area contributed by atoms with Gasteiger partial charge in [0.25, 0.3) is 11.7 Å². The van der Waals surface area contributed by atoms with Gasteiger partial charge in [-0.1, -0.05) is 18.2 Å². The van der Waals surface area contributed by atoms with Crippen LogP contribution in [-0.4, -0.2) is 33.7 Å². The molecule has 1 fully saturated rings. The van der Waals surface area contributed by atoms with Crippen LogP contribution in [0.5, 0.6) is 0 Å². The first-order valence-corrected chi connectivity index (χ1v) is 7.95. The third-order valence-electron chi connectivity index (χ3n) is 4.74. The molecule has 1 aliphatic heterocycles. The van der Waals surface area contributed by atoms with Gasteiger partial charge in [-0.25, -0.2) is 0 Å². The van der Waals surface area contributed by atoms with Crippen molar-refractivity contribution >= 4 is 22.6 Å². The highest BCUT2D eigenvalue weighted by molar-refractivity contribution is 6.45. The molecule has 2 heterocycles. The second-order valence-electron chi connectivity index (χ2n) is 6.34. The predicted molar refractivity (Wildman–Crippen MR) is 87.0 cm³/mol. The van der Waals surface area contributed by atoms with E-state index in [0.717, 1.165) is 35.9 Å². The van der Waals surface area contributed by atoms with E-state index in [1.807, 2.05) is 45.0 Å². The zero-order valence-electron chi connectivity index (χ0n) is 13.3. The van der Waals surface area contributed by atoms with Crippen molar-refractivity contribution < 1.29 is 9.59 Å². The summed E-state index contributed by atoms with van der Waals surface area (Å²) in [6.45, 7) is 5.91. The van der Waals surface area contributed by atoms with E-state index in [1.54, 1.807) is 4.90 Å². The Kier molecular flexibility index (Phi) is 3.77. The number of aromatic amines is 1. The van der Waals surface area contributed by atoms with E-state index in [2.05, 4.69) is 4.98 Å². The van der Waals surface area contributed by atoms with Crippen LogP contribution in [-0.2, 0) is 4.79 Å². The van der Waals surface area contributed by atoms with E-state index in [0.29, 0.717) is 5.56 Å². The van der Waals surface area contributed by atoms with Gasteiger partial charge in [-0.2, -0.15) is 0 Å². The van der Waals surface area contributed by atoms with E-state index in [9.17, 15) is 9.59 Å². The minimum atomic E-state index is -0.393. The minimum absolute atomic E-state index is 0.130. The number of carbonyl (C=O) groups excluding carboxylic acids is 2. The number of Topliss-reactive ketones (excluding diaryl/α,β-unsaturated/α-hetero) is 1. The summed E-state index contributed by atoms with van der Waals surface area (Å²) in [5.41, 5.74) is 2.18. The number of para-hydroxylation sites is 1. The second-order valence-corrected chi connectivity index (χ2v) is 6.34. The maximum Gasteiger partial charge on any atom is 0.295 e. The number of ketones is 1. The first-order valence-electron chi connectivity index (χ1n) is 7.95. The molecule has 4 heteroatoms. The van der Waals surface area contributed by atoms with Crippen LogP contribution in [0, 0.1) is 6.92 Å². The molecule has 0 saturated carbocycles. The molecule has 1 aromatic carbocycles. The highest BCUT2D eigenvalue weighted by Gasteiger charge is 2.34. The van der Waals surface area contributed by atoms with Crippen molar-refractivity contribution in [3.05, 3.63) is 35.5 Å². The number of H-pyrrole nitrogens is 1. The lowest BCUT2D eigenvalue weighted by Gasteiger charge is -2.38. The van der Waals surface area contributed by atoms with Crippen LogP contribution in [0.4, 0.5) is 0 Å². The van der Waals surface area contributed by atoms with E-state index in [-0.39, 0.29) is 18.0 Å². The summed E-state index contributed by atoms with van der Waals surface area (Å²) in [6, 6.07) is 7.89. The number of aromatic nitrogens is 1. The molecule has 2 atom stereocenters. The molecular weight excluding hydrogens is 276 g/mol. The Labute approximate surface area is 130 Å². The van der Waals surface area contributed by atoms with E-state index < -0.39 is 5.78 Å². The number of fused-ring (bicyclic) bond motifs is 1. The van der Waals surface area contributed by atoms with Gasteiger partial charge in [-0.3, -0.25) is 9.59 Å². The van der Waals surface area contributed by atoms with Gasteiger partial charge in [0.15, 0.2) is 0 Å². The molecule has 3 rings (SSSR count). The van der Waals surface area contributed by atoms with Crippen molar-refractivity contribution in [1.29, 1.82) is 0 Å². The highest BCUT2D eigenvalue weighted by Crippen LogP contribution is 2.26. The van der Waals surface area contributed by atoms with Crippen molar-refractivity contribution in [2.24, 2.45) is 0 Å². The SMILES string of the molecule is Cc1[nH]c2ccccc2c1C(=O)C(=O)N1[C@@H](C)CCC[C@@H]1C. The fourth-order valence-corrected chi connectivity index (χ4v) is 3.62. The third-order valence-corrected chi connectivity index (χ3v) is 4.74. The van der Waals surface area contributed by atoms with E-state index >= 15 is 0 Å². The van der Waals surface area contributed by atoms with Crippen LogP contribution in [0.25, 0.3) is 10.9 Å². The standard InChI is InChI=1S/C18H22N2O2/c1-11-7-6-8-12(2)20(11)18(22)17(21)16-13(3)19-15-10-5-4-9-14(15)16/h4-5,9-12,19H,6-8H2,1-3H3/t11-,12-/m0/s1. The molecule has 22 heavy (non-hydrogen) atoms. The summed E-state index contributed by atoms with van der Waals surface area (Å²) in [4.78, 5) is 30.6. The zero-order valence-corrected chi connectivity index (χ0v) is 13.3. The molecule has 1 amide bonds. The van der Waals surface area contributed by atoms with Crippen molar-refractivity contribution in [1.82, 2.24) is 9.88 Å². The van der Waals surface area contributed by atoms with Gasteiger partial charge in [-0.15, -0.1) is 0 Å². The number of piperidine rings is 1. The van der Waals surface area contributed by atoms with Crippen LogP contribution < -0.4 is 0 Å². The molecule has 0 unspecified atom stereocenters. The molecule has 116 valence electrons. The van der Waals surface area contributed by atoms with Crippen LogP contribution >= 0.6 is 0 Å². The van der Waals surface area contributed by atoms with Crippen molar-refractivity contribution in [3.63, 3.8) is 0 Å². The molecule has 0 bridgehead atoms. The summed E-state index contributed by atoms with van der Waals surface area (Å²) < 4.78 is 0. The Hall–Kier alpha value is -2.10. The first kappa shape index (κ1) is 14.8. The monoisotopic (exact) mass is 298 g/mol. The number of nitrogens with one attached hydrogen (secondary N) is 1. The smallest absolute Gasteiger partial charge is 0.295 e. The summed E-state index contributed by atoms with van der Waals surface area (Å²) in [6.07, 6.45) is 3.05. The van der Waals surface area contributed by atoms with E-state index in [4.69, 9.17) is 0 Å². The lowest BCUT2D eigenvalue weighted by Crippen LogP contribution is -2.50. The summed E-state index contributed by atoms with van der Waals surface area (Å²) >= 11 is 0. The van der Waals surface area contributed by atoms with Crippen molar-refractivity contribution in [2.75, 3.05) is 0 Å². The summed E-state index contributed by atoms with van der Waals surface area (Å²) in [5.74, 6) is -0.761.